The number of alkyl carbamates (subject to hydrolysis) is 1. The van der Waals surface area contributed by atoms with Crippen LogP contribution in [0.15, 0.2) is 48.8 Å². The van der Waals surface area contributed by atoms with Gasteiger partial charge in [0, 0.05) is 41.7 Å². The summed E-state index contributed by atoms with van der Waals surface area (Å²) >= 11 is 0. The molecule has 0 aliphatic carbocycles. The van der Waals surface area contributed by atoms with Crippen LogP contribution in [0.2, 0.25) is 0 Å². The number of aryl methyl sites for hydroxylation is 2. The summed E-state index contributed by atoms with van der Waals surface area (Å²) in [5, 5.41) is 17.5. The summed E-state index contributed by atoms with van der Waals surface area (Å²) < 4.78 is 7.04. The van der Waals surface area contributed by atoms with Crippen molar-refractivity contribution in [3.8, 4) is 39.8 Å². The van der Waals surface area contributed by atoms with Crippen LogP contribution in [-0.4, -0.2) is 91.5 Å². The third-order valence-corrected chi connectivity index (χ3v) is 12.8. The second kappa shape index (κ2) is 16.4. The number of carbonyl (C=O) groups is 3. The van der Waals surface area contributed by atoms with E-state index in [2.05, 4.69) is 81.5 Å². The Hall–Kier alpha value is -5.94. The first-order valence-electron chi connectivity index (χ1n) is 21.0. The molecule has 0 spiro atoms. The first-order chi connectivity index (χ1) is 28.6. The lowest BCUT2D eigenvalue weighted by Gasteiger charge is -2.30. The van der Waals surface area contributed by atoms with E-state index in [1.165, 1.54) is 7.11 Å². The number of nitriles is 1. The molecule has 4 N–H and O–H groups in total. The van der Waals surface area contributed by atoms with Crippen LogP contribution in [-0.2, 0) is 27.3 Å². The summed E-state index contributed by atoms with van der Waals surface area (Å²) in [4.78, 5) is 59.7. The van der Waals surface area contributed by atoms with Gasteiger partial charge in [0.05, 0.1) is 60.3 Å². The molecule has 3 aromatic heterocycles. The van der Waals surface area contributed by atoms with Crippen LogP contribution in [0, 0.1) is 23.2 Å². The number of imidazole rings is 2. The number of likely N-dealkylation sites (N-methyl/N-ethyl adjacent to an activating group) is 1. The lowest BCUT2D eigenvalue weighted by molar-refractivity contribution is -0.136. The maximum atomic E-state index is 13.7. The Balaban J connectivity index is 1.04. The molecule has 0 radical (unpaired) electrons. The zero-order valence-electron chi connectivity index (χ0n) is 34.8. The van der Waals surface area contributed by atoms with Crippen molar-refractivity contribution < 1.29 is 19.1 Å². The molecule has 2 fully saturated rings. The molecule has 2 saturated heterocycles. The molecule has 14 heteroatoms. The highest BCUT2D eigenvalue weighted by Gasteiger charge is 2.39. The Morgan fingerprint density at radius 1 is 0.898 bits per heavy atom. The highest BCUT2D eigenvalue weighted by Crippen LogP contribution is 2.42. The Kier molecular flexibility index (Phi) is 11.1. The van der Waals surface area contributed by atoms with E-state index in [0.29, 0.717) is 24.5 Å². The quantitative estimate of drug-likeness (QED) is 0.112. The van der Waals surface area contributed by atoms with E-state index in [1.807, 2.05) is 43.1 Å². The van der Waals surface area contributed by atoms with E-state index in [0.717, 1.165) is 101 Å². The van der Waals surface area contributed by atoms with Crippen molar-refractivity contribution in [1.29, 1.82) is 5.26 Å². The number of methoxy groups -OCH3 is 1. The first kappa shape index (κ1) is 39.9. The van der Waals surface area contributed by atoms with E-state index >= 15 is 0 Å². The number of aromatic nitrogens is 5. The number of ether oxygens (including phenoxy) is 1. The molecule has 5 atom stereocenters. The zero-order valence-corrected chi connectivity index (χ0v) is 34.8. The third kappa shape index (κ3) is 7.15. The molecule has 6 heterocycles. The molecule has 3 amide bonds. The molecule has 14 nitrogen and oxygen atoms in total. The number of hydrogen-bond donors (Lipinski definition) is 4. The van der Waals surface area contributed by atoms with Gasteiger partial charge in [0.1, 0.15) is 23.8 Å². The van der Waals surface area contributed by atoms with Gasteiger partial charge in [-0.05, 0) is 80.3 Å². The molecular weight excluding hydrogens is 745 g/mol. The molecular formula is C45H54N10O4. The molecule has 8 rings (SSSR count). The SMILES string of the molecule is CCC(C)[C@H](NC)C(=O)N1CCC[C@H]1c1ncc(-c2ccc3c(c2)c(C#N)c2n3CCc3cc(-c4cnc([C@@H]5CCCN5C(=O)[C@@H](NC(=O)OC)C(C)C)[nH]4)ccc3-2)[nH]1. The highest BCUT2D eigenvalue weighted by atomic mass is 16.5. The summed E-state index contributed by atoms with van der Waals surface area (Å²) in [5.41, 5.74) is 8.39. The van der Waals surface area contributed by atoms with Crippen molar-refractivity contribution in [1.82, 2.24) is 44.9 Å². The van der Waals surface area contributed by atoms with Crippen molar-refractivity contribution in [2.45, 2.75) is 96.9 Å². The maximum absolute atomic E-state index is 13.7. The number of nitrogens with zero attached hydrogens (tertiary/aromatic N) is 6. The van der Waals surface area contributed by atoms with Gasteiger partial charge in [-0.2, -0.15) is 5.26 Å². The fourth-order valence-electron chi connectivity index (χ4n) is 9.46. The number of fused-ring (bicyclic) bond motifs is 5. The van der Waals surface area contributed by atoms with Crippen molar-refractivity contribution >= 4 is 28.8 Å². The minimum Gasteiger partial charge on any atom is -0.453 e. The summed E-state index contributed by atoms with van der Waals surface area (Å²) in [6.45, 7) is 10.1. The summed E-state index contributed by atoms with van der Waals surface area (Å²) in [7, 11) is 3.15. The number of likely N-dealkylation sites (tertiary alicyclic amines) is 2. The van der Waals surface area contributed by atoms with Gasteiger partial charge < -0.3 is 39.7 Å². The minimum atomic E-state index is -0.700. The number of H-pyrrole nitrogens is 2. The second-order valence-electron chi connectivity index (χ2n) is 16.6. The van der Waals surface area contributed by atoms with Gasteiger partial charge in [-0.3, -0.25) is 9.59 Å². The smallest absolute Gasteiger partial charge is 0.407 e. The van der Waals surface area contributed by atoms with Crippen LogP contribution in [0.5, 0.6) is 0 Å². The lowest BCUT2D eigenvalue weighted by Crippen LogP contribution is -2.51. The van der Waals surface area contributed by atoms with Crippen molar-refractivity contribution in [2.24, 2.45) is 11.8 Å². The van der Waals surface area contributed by atoms with Crippen LogP contribution in [0.4, 0.5) is 4.79 Å². The molecule has 59 heavy (non-hydrogen) atoms. The predicted molar refractivity (Wildman–Crippen MR) is 225 cm³/mol. The van der Waals surface area contributed by atoms with Gasteiger partial charge in [0.2, 0.25) is 11.8 Å². The monoisotopic (exact) mass is 798 g/mol. The van der Waals surface area contributed by atoms with Crippen LogP contribution in [0.3, 0.4) is 0 Å². The fourth-order valence-corrected chi connectivity index (χ4v) is 9.46. The molecule has 0 bridgehead atoms. The van der Waals surface area contributed by atoms with Gasteiger partial charge in [-0.25, -0.2) is 14.8 Å². The molecule has 308 valence electrons. The van der Waals surface area contributed by atoms with Gasteiger partial charge in [0.25, 0.3) is 0 Å². The maximum Gasteiger partial charge on any atom is 0.407 e. The first-order valence-corrected chi connectivity index (χ1v) is 21.0. The van der Waals surface area contributed by atoms with Gasteiger partial charge in [0.15, 0.2) is 0 Å². The molecule has 0 saturated carbocycles. The van der Waals surface area contributed by atoms with Crippen molar-refractivity contribution in [3.63, 3.8) is 0 Å². The van der Waals surface area contributed by atoms with Gasteiger partial charge in [-0.15, -0.1) is 0 Å². The molecule has 2 aromatic carbocycles. The summed E-state index contributed by atoms with van der Waals surface area (Å²) in [6, 6.07) is 13.9. The van der Waals surface area contributed by atoms with Crippen LogP contribution in [0.1, 0.15) is 94.7 Å². The fraction of sp³-hybridized carbons (Fsp3) is 0.467. The van der Waals surface area contributed by atoms with Crippen molar-refractivity contribution in [2.75, 3.05) is 27.2 Å². The Morgan fingerprint density at radius 3 is 2.08 bits per heavy atom. The number of aromatic amines is 2. The summed E-state index contributed by atoms with van der Waals surface area (Å²) in [5.74, 6) is 1.60. The highest BCUT2D eigenvalue weighted by molar-refractivity contribution is 5.98. The van der Waals surface area contributed by atoms with Crippen LogP contribution < -0.4 is 10.6 Å². The van der Waals surface area contributed by atoms with E-state index in [9.17, 15) is 19.6 Å². The topological polar surface area (TPSA) is 177 Å². The number of carbonyl (C=O) groups excluding carboxylic acids is 3. The number of rotatable bonds is 11. The second-order valence-corrected chi connectivity index (χ2v) is 16.6. The number of hydrogen-bond acceptors (Lipinski definition) is 8. The van der Waals surface area contributed by atoms with Gasteiger partial charge in [-0.1, -0.05) is 52.3 Å². The van der Waals surface area contributed by atoms with E-state index in [-0.39, 0.29) is 41.8 Å². The Labute approximate surface area is 344 Å². The van der Waals surface area contributed by atoms with Crippen molar-refractivity contribution in [3.05, 3.63) is 71.6 Å². The van der Waals surface area contributed by atoms with E-state index in [4.69, 9.17) is 14.7 Å². The zero-order chi connectivity index (χ0) is 41.5. The normalized spacial score (nSPS) is 19.0. The average molecular weight is 799 g/mol. The standard InChI is InChI=1S/C45H54N10O4/c1-7-26(4)39(47-5)44(57)55-18-9-11-37(55)42-49-24-34(51-42)29-13-15-35-31(21-29)32(22-46)40-30-14-12-28(20-27(30)16-19-53(35)40)33-23-48-41(50-33)36-10-8-17-54(36)43(56)38(25(2)3)52-45(58)59-6/h12-15,20-21,23-26,36-39,47H,7-11,16-19H2,1-6H3,(H,48,50)(H,49,51)(H,52,58)/t26?,36-,37-,38-,39-/m0/s1. The number of amides is 3. The molecule has 3 aliphatic heterocycles. The molecule has 3 aliphatic rings. The van der Waals surface area contributed by atoms with Crippen LogP contribution in [0.25, 0.3) is 44.7 Å². The Morgan fingerprint density at radius 2 is 1.51 bits per heavy atom. The van der Waals surface area contributed by atoms with E-state index in [1.54, 1.807) is 0 Å². The molecule has 1 unspecified atom stereocenters. The van der Waals surface area contributed by atoms with E-state index < -0.39 is 12.1 Å². The van der Waals surface area contributed by atoms with Crippen LogP contribution >= 0.6 is 0 Å². The van der Waals surface area contributed by atoms with Gasteiger partial charge >= 0.3 is 6.09 Å². The average Bonchev–Trinajstić information content (AvgIpc) is 4.10. The minimum absolute atomic E-state index is 0.105. The lowest BCUT2D eigenvalue weighted by atomic mass is 9.93. The number of benzene rings is 2. The summed E-state index contributed by atoms with van der Waals surface area (Å²) in [6.07, 6.45) is 8.16. The largest absolute Gasteiger partial charge is 0.453 e. The predicted octanol–water partition coefficient (Wildman–Crippen LogP) is 6.86. The Bertz CT molecular complexity index is 2440. The molecule has 5 aromatic rings. The third-order valence-electron chi connectivity index (χ3n) is 12.8. The number of nitrogens with one attached hydrogen (secondary N) is 4.